The maximum atomic E-state index is 10.1. The summed E-state index contributed by atoms with van der Waals surface area (Å²) in [5, 5.41) is 29.8. The third-order valence-electron chi connectivity index (χ3n) is 5.42. The summed E-state index contributed by atoms with van der Waals surface area (Å²) < 4.78 is 5.43. The molecule has 3 N–H and O–H groups in total. The zero-order valence-corrected chi connectivity index (χ0v) is 13.8. The molecule has 2 aromatic rings. The van der Waals surface area contributed by atoms with Gasteiger partial charge in [0, 0.05) is 30.6 Å². The van der Waals surface area contributed by atoms with Crippen LogP contribution < -0.4 is 4.74 Å². The highest BCUT2D eigenvalue weighted by Crippen LogP contribution is 2.50. The number of nitrogens with zero attached hydrogens (tertiary/aromatic N) is 1. The number of hydrogen-bond donors (Lipinski definition) is 3. The lowest BCUT2D eigenvalue weighted by Gasteiger charge is -2.45. The van der Waals surface area contributed by atoms with E-state index in [0.717, 1.165) is 35.2 Å². The Labute approximate surface area is 140 Å². The van der Waals surface area contributed by atoms with Crippen molar-refractivity contribution >= 4 is 0 Å². The molecule has 0 aliphatic carbocycles. The van der Waals surface area contributed by atoms with Gasteiger partial charge in [0.05, 0.1) is 7.11 Å². The fourth-order valence-corrected chi connectivity index (χ4v) is 4.31. The Morgan fingerprint density at radius 1 is 1.04 bits per heavy atom. The van der Waals surface area contributed by atoms with E-state index in [2.05, 4.69) is 11.8 Å². The van der Waals surface area contributed by atoms with Crippen LogP contribution in [0.1, 0.15) is 41.1 Å². The Morgan fingerprint density at radius 3 is 2.54 bits per heavy atom. The van der Waals surface area contributed by atoms with Gasteiger partial charge >= 0.3 is 0 Å². The van der Waals surface area contributed by atoms with E-state index < -0.39 is 0 Å². The molecule has 2 aromatic carbocycles. The summed E-state index contributed by atoms with van der Waals surface area (Å²) in [4.78, 5) is 2.35. The molecule has 4 rings (SSSR count). The fraction of sp³-hybridized carbons (Fsp3) is 0.368. The number of fused-ring (bicyclic) bond motifs is 4. The molecule has 5 heteroatoms. The summed E-state index contributed by atoms with van der Waals surface area (Å²) in [6, 6.07) is 7.16. The molecule has 5 nitrogen and oxygen atoms in total. The van der Waals surface area contributed by atoms with Crippen LogP contribution in [0.25, 0.3) is 0 Å². The minimum Gasteiger partial charge on any atom is -0.504 e. The van der Waals surface area contributed by atoms with Gasteiger partial charge in [0.25, 0.3) is 0 Å². The molecule has 2 aliphatic heterocycles. The summed E-state index contributed by atoms with van der Waals surface area (Å²) in [7, 11) is 1.58. The molecule has 24 heavy (non-hydrogen) atoms. The van der Waals surface area contributed by atoms with E-state index in [1.165, 1.54) is 0 Å². The van der Waals surface area contributed by atoms with Crippen molar-refractivity contribution in [3.63, 3.8) is 0 Å². The van der Waals surface area contributed by atoms with Crippen LogP contribution in [-0.4, -0.2) is 33.9 Å². The van der Waals surface area contributed by atoms with Gasteiger partial charge in [-0.25, -0.2) is 0 Å². The average Bonchev–Trinajstić information content (AvgIpc) is 2.56. The van der Waals surface area contributed by atoms with Crippen molar-refractivity contribution in [1.82, 2.24) is 4.90 Å². The predicted molar refractivity (Wildman–Crippen MR) is 89.7 cm³/mol. The van der Waals surface area contributed by atoms with Gasteiger partial charge in [0.15, 0.2) is 23.0 Å². The molecule has 0 unspecified atom stereocenters. The molecule has 0 saturated heterocycles. The number of rotatable bonds is 1. The van der Waals surface area contributed by atoms with E-state index in [0.29, 0.717) is 12.3 Å². The van der Waals surface area contributed by atoms with E-state index in [4.69, 9.17) is 4.74 Å². The highest BCUT2D eigenvalue weighted by Gasteiger charge is 2.39. The maximum absolute atomic E-state index is 10.1. The van der Waals surface area contributed by atoms with Crippen molar-refractivity contribution in [3.8, 4) is 23.0 Å². The predicted octanol–water partition coefficient (Wildman–Crippen LogP) is 3.03. The van der Waals surface area contributed by atoms with Crippen LogP contribution in [0.2, 0.25) is 0 Å². The van der Waals surface area contributed by atoms with Crippen molar-refractivity contribution in [3.05, 3.63) is 46.5 Å². The molecule has 0 spiro atoms. The Bertz CT molecular complexity index is 817. The van der Waals surface area contributed by atoms with Gasteiger partial charge < -0.3 is 20.1 Å². The lowest BCUT2D eigenvalue weighted by atomic mass is 9.77. The highest BCUT2D eigenvalue weighted by atomic mass is 16.5. The molecule has 126 valence electrons. The summed E-state index contributed by atoms with van der Waals surface area (Å²) >= 11 is 0. The molecule has 0 radical (unpaired) electrons. The molecule has 2 aliphatic rings. The molecule has 0 bridgehead atoms. The third-order valence-corrected chi connectivity index (χ3v) is 5.42. The highest BCUT2D eigenvalue weighted by molar-refractivity contribution is 5.55. The molecule has 2 heterocycles. The van der Waals surface area contributed by atoms with Gasteiger partial charge in [-0.1, -0.05) is 13.0 Å². The van der Waals surface area contributed by atoms with E-state index in [9.17, 15) is 15.3 Å². The van der Waals surface area contributed by atoms with Crippen molar-refractivity contribution in [2.45, 2.75) is 31.8 Å². The minimum atomic E-state index is -0.0723. The summed E-state index contributed by atoms with van der Waals surface area (Å²) in [6.07, 6.45) is 0.822. The summed E-state index contributed by atoms with van der Waals surface area (Å²) in [6.45, 7) is 3.72. The van der Waals surface area contributed by atoms with Crippen LogP contribution >= 0.6 is 0 Å². The quantitative estimate of drug-likeness (QED) is 0.702. The first-order valence-electron chi connectivity index (χ1n) is 8.18. The number of hydrogen-bond acceptors (Lipinski definition) is 5. The number of benzene rings is 2. The van der Waals surface area contributed by atoms with Crippen LogP contribution in [0.4, 0.5) is 0 Å². The van der Waals surface area contributed by atoms with E-state index in [1.54, 1.807) is 25.3 Å². The average molecular weight is 327 g/mol. The van der Waals surface area contributed by atoms with Crippen LogP contribution in [0.3, 0.4) is 0 Å². The molecule has 0 amide bonds. The first-order chi connectivity index (χ1) is 11.5. The van der Waals surface area contributed by atoms with Gasteiger partial charge in [0.2, 0.25) is 0 Å². The van der Waals surface area contributed by atoms with Crippen molar-refractivity contribution in [1.29, 1.82) is 0 Å². The van der Waals surface area contributed by atoms with Gasteiger partial charge in [-0.3, -0.25) is 4.90 Å². The normalized spacial score (nSPS) is 22.4. The largest absolute Gasteiger partial charge is 0.504 e. The Hall–Kier alpha value is -2.40. The Kier molecular flexibility index (Phi) is 3.35. The SMILES string of the molecule is COc1c(O)ccc2c1CN1CCc3cc(O)c(O)cc3[C@H]1[C@H]2C. The standard InChI is InChI=1S/C19H21NO4/c1-10-12-3-4-15(21)19(24-2)14(12)9-20-6-5-11-7-16(22)17(23)8-13(11)18(10)20/h3-4,7-8,10,18,21-23H,5-6,9H2,1-2H3/t10-,18+/m0/s1. The van der Waals surface area contributed by atoms with Crippen LogP contribution in [0, 0.1) is 0 Å². The van der Waals surface area contributed by atoms with Gasteiger partial charge in [-0.05, 0) is 41.3 Å². The zero-order valence-electron chi connectivity index (χ0n) is 13.8. The van der Waals surface area contributed by atoms with E-state index >= 15 is 0 Å². The van der Waals surface area contributed by atoms with Crippen molar-refractivity contribution in [2.24, 2.45) is 0 Å². The first kappa shape index (κ1) is 15.1. The van der Waals surface area contributed by atoms with Crippen molar-refractivity contribution < 1.29 is 20.1 Å². The zero-order chi connectivity index (χ0) is 17.0. The molecule has 0 fully saturated rings. The van der Waals surface area contributed by atoms with Crippen LogP contribution in [0.5, 0.6) is 23.0 Å². The molecule has 0 saturated carbocycles. The molecule has 0 aromatic heterocycles. The lowest BCUT2D eigenvalue weighted by molar-refractivity contribution is 0.136. The molecular formula is C19H21NO4. The summed E-state index contributed by atoms with van der Waals surface area (Å²) in [5.74, 6) is 0.778. The topological polar surface area (TPSA) is 73.2 Å². The maximum Gasteiger partial charge on any atom is 0.165 e. The third kappa shape index (κ3) is 2.04. The smallest absolute Gasteiger partial charge is 0.165 e. The van der Waals surface area contributed by atoms with Gasteiger partial charge in [-0.15, -0.1) is 0 Å². The Balaban J connectivity index is 1.85. The second-order valence-corrected chi connectivity index (χ2v) is 6.68. The number of methoxy groups -OCH3 is 1. The number of phenols is 3. The first-order valence-corrected chi connectivity index (χ1v) is 8.18. The Morgan fingerprint density at radius 2 is 1.79 bits per heavy atom. The van der Waals surface area contributed by atoms with Crippen LogP contribution in [0.15, 0.2) is 24.3 Å². The second kappa shape index (κ2) is 5.31. The monoisotopic (exact) mass is 327 g/mol. The minimum absolute atomic E-state index is 0.0577. The van der Waals surface area contributed by atoms with Gasteiger partial charge in [0.1, 0.15) is 0 Å². The van der Waals surface area contributed by atoms with E-state index in [-0.39, 0.29) is 29.2 Å². The molecule has 2 atom stereocenters. The number of ether oxygens (including phenoxy) is 1. The fourth-order valence-electron chi connectivity index (χ4n) is 4.31. The summed E-state index contributed by atoms with van der Waals surface area (Å²) in [5.41, 5.74) is 4.35. The second-order valence-electron chi connectivity index (χ2n) is 6.68. The molecular weight excluding hydrogens is 306 g/mol. The lowest BCUT2D eigenvalue weighted by Crippen LogP contribution is -2.41. The van der Waals surface area contributed by atoms with Gasteiger partial charge in [-0.2, -0.15) is 0 Å². The van der Waals surface area contributed by atoms with E-state index in [1.807, 2.05) is 6.07 Å². The number of aromatic hydroxyl groups is 3. The van der Waals surface area contributed by atoms with Crippen LogP contribution in [-0.2, 0) is 13.0 Å². The van der Waals surface area contributed by atoms with Crippen molar-refractivity contribution in [2.75, 3.05) is 13.7 Å². The number of phenolic OH excluding ortho intramolecular Hbond substituents is 3.